The van der Waals surface area contributed by atoms with Crippen LogP contribution in [0.3, 0.4) is 0 Å². The van der Waals surface area contributed by atoms with E-state index in [1.54, 1.807) is 0 Å². The molecule has 1 aliphatic rings. The largest absolute Gasteiger partial charge is 0.246 e. The molecule has 0 radical (unpaired) electrons. The smallest absolute Gasteiger partial charge is 0.0672 e. The molecule has 0 aromatic rings. The fraction of sp³-hybridized carbons (Fsp3) is 0.833. The predicted molar refractivity (Wildman–Crippen MR) is 43.9 cm³/mol. The van der Waals surface area contributed by atoms with Crippen molar-refractivity contribution in [3.63, 3.8) is 0 Å². The van der Waals surface area contributed by atoms with Crippen molar-refractivity contribution in [2.45, 2.75) is 6.92 Å². The van der Waals surface area contributed by atoms with Gasteiger partial charge in [-0.15, -0.1) is 0 Å². The third-order valence-corrected chi connectivity index (χ3v) is 2.52. The first-order valence-corrected chi connectivity index (χ1v) is 4.01. The van der Waals surface area contributed by atoms with Gasteiger partial charge in [-0.25, -0.2) is 3.11 Å². The molecule has 2 unspecified atom stereocenters. The minimum Gasteiger partial charge on any atom is -0.246 e. The van der Waals surface area contributed by atoms with Crippen LogP contribution in [0.2, 0.25) is 0 Å². The Bertz CT molecular complexity index is 140. The van der Waals surface area contributed by atoms with Crippen molar-refractivity contribution in [2.24, 2.45) is 11.8 Å². The van der Waals surface area contributed by atoms with Crippen molar-refractivity contribution >= 4 is 22.9 Å². The van der Waals surface area contributed by atoms with Gasteiger partial charge in [-0.05, 0) is 5.92 Å². The Morgan fingerprint density at radius 1 is 1.67 bits per heavy atom. The molecule has 2 nitrogen and oxygen atoms in total. The van der Waals surface area contributed by atoms with Gasteiger partial charge < -0.3 is 0 Å². The van der Waals surface area contributed by atoms with Crippen LogP contribution in [0, 0.1) is 23.2 Å². The Hall–Kier alpha value is 0.180. The van der Waals surface area contributed by atoms with Gasteiger partial charge in [0.2, 0.25) is 0 Å². The molecule has 0 amide bonds. The van der Waals surface area contributed by atoms with E-state index in [2.05, 4.69) is 39.0 Å². The highest BCUT2D eigenvalue weighted by atomic mass is 127. The van der Waals surface area contributed by atoms with Crippen LogP contribution >= 0.6 is 22.9 Å². The van der Waals surface area contributed by atoms with Crippen molar-refractivity contribution in [3.8, 4) is 6.07 Å². The zero-order valence-corrected chi connectivity index (χ0v) is 7.50. The third kappa shape index (κ3) is 1.55. The van der Waals surface area contributed by atoms with Crippen molar-refractivity contribution in [1.82, 2.24) is 3.11 Å². The average Bonchev–Trinajstić information content (AvgIpc) is 2.10. The summed E-state index contributed by atoms with van der Waals surface area (Å²) in [6.45, 7) is 4.14. The highest BCUT2D eigenvalue weighted by Crippen LogP contribution is 2.24. The van der Waals surface area contributed by atoms with Crippen LogP contribution in [0.15, 0.2) is 0 Å². The maximum absolute atomic E-state index is 8.57. The second-order valence-electron chi connectivity index (χ2n) is 2.54. The summed E-state index contributed by atoms with van der Waals surface area (Å²) in [6.07, 6.45) is 0. The molecule has 3 heteroatoms. The Balaban J connectivity index is 2.50. The van der Waals surface area contributed by atoms with Crippen molar-refractivity contribution in [2.75, 3.05) is 13.1 Å². The van der Waals surface area contributed by atoms with E-state index in [0.717, 1.165) is 13.1 Å². The van der Waals surface area contributed by atoms with E-state index in [-0.39, 0.29) is 5.92 Å². The summed E-state index contributed by atoms with van der Waals surface area (Å²) < 4.78 is 2.18. The van der Waals surface area contributed by atoms with E-state index in [9.17, 15) is 0 Å². The SMILES string of the molecule is CC1CN(I)CC1C#N. The van der Waals surface area contributed by atoms with Gasteiger partial charge >= 0.3 is 0 Å². The van der Waals surface area contributed by atoms with Gasteiger partial charge in [-0.2, -0.15) is 5.26 Å². The second-order valence-corrected chi connectivity index (χ2v) is 3.91. The third-order valence-electron chi connectivity index (χ3n) is 1.73. The second kappa shape index (κ2) is 2.84. The quantitative estimate of drug-likeness (QED) is 0.470. The van der Waals surface area contributed by atoms with Crippen LogP contribution < -0.4 is 0 Å². The zero-order chi connectivity index (χ0) is 6.85. The van der Waals surface area contributed by atoms with Crippen LogP contribution in [-0.2, 0) is 0 Å². The summed E-state index contributed by atoms with van der Waals surface area (Å²) >= 11 is 2.27. The van der Waals surface area contributed by atoms with E-state index >= 15 is 0 Å². The van der Waals surface area contributed by atoms with E-state index in [4.69, 9.17) is 5.26 Å². The van der Waals surface area contributed by atoms with Crippen molar-refractivity contribution in [1.29, 1.82) is 5.26 Å². The van der Waals surface area contributed by atoms with E-state index in [1.165, 1.54) is 0 Å². The maximum atomic E-state index is 8.57. The lowest BCUT2D eigenvalue weighted by molar-refractivity contribution is 0.549. The normalized spacial score (nSPS) is 36.6. The highest BCUT2D eigenvalue weighted by molar-refractivity contribution is 14.1. The number of halogens is 1. The van der Waals surface area contributed by atoms with Crippen LogP contribution in [0.4, 0.5) is 0 Å². The van der Waals surface area contributed by atoms with Crippen LogP contribution in [-0.4, -0.2) is 16.2 Å². The van der Waals surface area contributed by atoms with E-state index in [1.807, 2.05) is 0 Å². The average molecular weight is 236 g/mol. The molecule has 1 fully saturated rings. The Kier molecular flexibility index (Phi) is 2.30. The number of nitrogens with zero attached hydrogens (tertiary/aromatic N) is 2. The summed E-state index contributed by atoms with van der Waals surface area (Å²) in [4.78, 5) is 0. The molecule has 0 saturated carbocycles. The van der Waals surface area contributed by atoms with Gasteiger partial charge in [0.1, 0.15) is 0 Å². The standard InChI is InChI=1S/C6H9IN2/c1-5-3-9(7)4-6(5)2-8/h5-6H,3-4H2,1H3. The number of hydrogen-bond acceptors (Lipinski definition) is 2. The molecular weight excluding hydrogens is 227 g/mol. The lowest BCUT2D eigenvalue weighted by atomic mass is 10.0. The molecular formula is C6H9IN2. The van der Waals surface area contributed by atoms with Gasteiger partial charge in [0, 0.05) is 36.0 Å². The molecule has 0 bridgehead atoms. The monoisotopic (exact) mass is 236 g/mol. The minimum absolute atomic E-state index is 0.266. The highest BCUT2D eigenvalue weighted by Gasteiger charge is 2.27. The van der Waals surface area contributed by atoms with E-state index < -0.39 is 0 Å². The first kappa shape index (κ1) is 7.29. The topological polar surface area (TPSA) is 27.0 Å². The molecule has 9 heavy (non-hydrogen) atoms. The Morgan fingerprint density at radius 2 is 2.33 bits per heavy atom. The molecule has 1 rings (SSSR count). The van der Waals surface area contributed by atoms with Crippen molar-refractivity contribution < 1.29 is 0 Å². The Morgan fingerprint density at radius 3 is 2.56 bits per heavy atom. The van der Waals surface area contributed by atoms with Gasteiger partial charge in [0.25, 0.3) is 0 Å². The molecule has 0 N–H and O–H groups in total. The molecule has 1 aliphatic heterocycles. The summed E-state index contributed by atoms with van der Waals surface area (Å²) in [5, 5.41) is 8.57. The Labute approximate surface area is 69.3 Å². The molecule has 1 heterocycles. The molecule has 0 aliphatic carbocycles. The first-order valence-electron chi connectivity index (χ1n) is 3.04. The number of hydrogen-bond donors (Lipinski definition) is 0. The lowest BCUT2D eigenvalue weighted by Gasteiger charge is -2.00. The molecule has 0 spiro atoms. The minimum atomic E-state index is 0.266. The predicted octanol–water partition coefficient (Wildman–Crippen LogP) is 1.43. The maximum Gasteiger partial charge on any atom is 0.0672 e. The zero-order valence-electron chi connectivity index (χ0n) is 5.34. The van der Waals surface area contributed by atoms with Gasteiger partial charge in [0.15, 0.2) is 0 Å². The summed E-state index contributed by atoms with van der Waals surface area (Å²) in [5.41, 5.74) is 0. The fourth-order valence-corrected chi connectivity index (χ4v) is 2.12. The van der Waals surface area contributed by atoms with Gasteiger partial charge in [-0.3, -0.25) is 0 Å². The summed E-state index contributed by atoms with van der Waals surface area (Å²) in [7, 11) is 0. The van der Waals surface area contributed by atoms with E-state index in [0.29, 0.717) is 5.92 Å². The molecule has 50 valence electrons. The molecule has 2 atom stereocenters. The molecule has 1 saturated heterocycles. The van der Waals surface area contributed by atoms with Gasteiger partial charge in [0.05, 0.1) is 12.0 Å². The number of nitriles is 1. The van der Waals surface area contributed by atoms with Crippen LogP contribution in [0.5, 0.6) is 0 Å². The van der Waals surface area contributed by atoms with Crippen LogP contribution in [0.1, 0.15) is 6.92 Å². The summed E-state index contributed by atoms with van der Waals surface area (Å²) in [6, 6.07) is 2.30. The fourth-order valence-electron chi connectivity index (χ4n) is 1.08. The number of rotatable bonds is 0. The first-order chi connectivity index (χ1) is 4.24. The summed E-state index contributed by atoms with van der Waals surface area (Å²) in [5.74, 6) is 0.828. The van der Waals surface area contributed by atoms with Crippen molar-refractivity contribution in [3.05, 3.63) is 0 Å². The van der Waals surface area contributed by atoms with Gasteiger partial charge in [-0.1, -0.05) is 6.92 Å². The molecule has 0 aromatic carbocycles. The molecule has 0 aromatic heterocycles. The van der Waals surface area contributed by atoms with Crippen LogP contribution in [0.25, 0.3) is 0 Å². The lowest BCUT2D eigenvalue weighted by Crippen LogP contribution is -2.05.